The molecule has 1 fully saturated rings. The van der Waals surface area contributed by atoms with E-state index in [4.69, 9.17) is 5.73 Å². The number of likely N-dealkylation sites (tertiary alicyclic amines) is 1. The Morgan fingerprint density at radius 2 is 2.20 bits per heavy atom. The molecule has 8 nitrogen and oxygen atoms in total. The molecule has 1 aliphatic heterocycles. The van der Waals surface area contributed by atoms with Gasteiger partial charge in [0.05, 0.1) is 0 Å². The van der Waals surface area contributed by atoms with E-state index in [0.29, 0.717) is 19.6 Å². The van der Waals surface area contributed by atoms with E-state index < -0.39 is 5.91 Å². The molecule has 2 aromatic rings. The molecule has 25 heavy (non-hydrogen) atoms. The highest BCUT2D eigenvalue weighted by Gasteiger charge is 2.26. The molecule has 0 aliphatic carbocycles. The van der Waals surface area contributed by atoms with Gasteiger partial charge in [-0.1, -0.05) is 6.07 Å². The van der Waals surface area contributed by atoms with Crippen molar-refractivity contribution in [2.75, 3.05) is 13.1 Å². The molecular weight excluding hydrogens is 322 g/mol. The Morgan fingerprint density at radius 1 is 1.36 bits per heavy atom. The van der Waals surface area contributed by atoms with Crippen molar-refractivity contribution in [3.63, 3.8) is 0 Å². The highest BCUT2D eigenvalue weighted by molar-refractivity contribution is 5.90. The maximum atomic E-state index is 12.5. The number of nitrogens with two attached hydrogens (primary N) is 1. The summed E-state index contributed by atoms with van der Waals surface area (Å²) in [6.07, 6.45) is 3.77. The Morgan fingerprint density at radius 3 is 2.92 bits per heavy atom. The minimum absolute atomic E-state index is 0.0232. The van der Waals surface area contributed by atoms with E-state index >= 15 is 0 Å². The van der Waals surface area contributed by atoms with Crippen LogP contribution in [0.4, 0.5) is 0 Å². The summed E-state index contributed by atoms with van der Waals surface area (Å²) >= 11 is 0. The number of aromatic amines is 1. The smallest absolute Gasteiger partial charge is 0.269 e. The number of nitrogens with one attached hydrogen (secondary N) is 1. The SMILES string of the molecule is NC(=O)c1cc([C@@H]2CCCN(C(=O)CCn3ccccc3=O)C2)[nH]n1. The highest BCUT2D eigenvalue weighted by atomic mass is 16.2. The van der Waals surface area contributed by atoms with Crippen LogP contribution in [-0.4, -0.2) is 44.6 Å². The maximum absolute atomic E-state index is 12.5. The molecule has 2 aromatic heterocycles. The van der Waals surface area contributed by atoms with Gasteiger partial charge in [0, 0.05) is 49.9 Å². The quantitative estimate of drug-likeness (QED) is 0.821. The Kier molecular flexibility index (Phi) is 4.97. The molecular formula is C17H21N5O3. The molecule has 0 unspecified atom stereocenters. The Hall–Kier alpha value is -2.90. The molecule has 3 heterocycles. The third kappa shape index (κ3) is 3.96. The van der Waals surface area contributed by atoms with Crippen molar-refractivity contribution in [1.29, 1.82) is 0 Å². The van der Waals surface area contributed by atoms with Crippen molar-refractivity contribution in [2.45, 2.75) is 31.7 Å². The van der Waals surface area contributed by atoms with Crippen LogP contribution in [0.5, 0.6) is 0 Å². The first kappa shape index (κ1) is 16.9. The van der Waals surface area contributed by atoms with Crippen LogP contribution in [0.15, 0.2) is 35.3 Å². The lowest BCUT2D eigenvalue weighted by Gasteiger charge is -2.32. The number of amides is 2. The normalized spacial score (nSPS) is 17.4. The fraction of sp³-hybridized carbons (Fsp3) is 0.412. The van der Waals surface area contributed by atoms with Gasteiger partial charge in [-0.15, -0.1) is 0 Å². The van der Waals surface area contributed by atoms with E-state index in [9.17, 15) is 14.4 Å². The number of hydrogen-bond donors (Lipinski definition) is 2. The number of carbonyl (C=O) groups excluding carboxylic acids is 2. The molecule has 132 valence electrons. The molecule has 0 spiro atoms. The summed E-state index contributed by atoms with van der Waals surface area (Å²) in [4.78, 5) is 37.2. The fourth-order valence-electron chi connectivity index (χ4n) is 3.15. The van der Waals surface area contributed by atoms with E-state index in [0.717, 1.165) is 18.5 Å². The van der Waals surface area contributed by atoms with Crippen LogP contribution in [0.25, 0.3) is 0 Å². The standard InChI is InChI=1S/C17H21N5O3/c18-17(25)14-10-13(19-20-14)12-4-3-8-22(11-12)16(24)6-9-21-7-2-1-5-15(21)23/h1-2,5,7,10,12H,3-4,6,8-9,11H2,(H2,18,25)(H,19,20)/t12-/m1/s1. The van der Waals surface area contributed by atoms with Gasteiger partial charge < -0.3 is 15.2 Å². The lowest BCUT2D eigenvalue weighted by molar-refractivity contribution is -0.132. The van der Waals surface area contributed by atoms with Crippen molar-refractivity contribution in [3.8, 4) is 0 Å². The highest BCUT2D eigenvalue weighted by Crippen LogP contribution is 2.26. The predicted octanol–water partition coefficient (Wildman–Crippen LogP) is 0.467. The van der Waals surface area contributed by atoms with Gasteiger partial charge >= 0.3 is 0 Å². The molecule has 2 amide bonds. The minimum atomic E-state index is -0.570. The molecule has 1 saturated heterocycles. The van der Waals surface area contributed by atoms with Crippen molar-refractivity contribution >= 4 is 11.8 Å². The first-order chi connectivity index (χ1) is 12.0. The number of primary amides is 1. The summed E-state index contributed by atoms with van der Waals surface area (Å²) in [6, 6.07) is 6.60. The van der Waals surface area contributed by atoms with E-state index in [1.54, 1.807) is 24.4 Å². The number of aryl methyl sites for hydroxylation is 1. The topological polar surface area (TPSA) is 114 Å². The van der Waals surface area contributed by atoms with E-state index in [1.807, 2.05) is 4.90 Å². The molecule has 0 saturated carbocycles. The molecule has 0 aromatic carbocycles. The number of carbonyl (C=O) groups is 2. The van der Waals surface area contributed by atoms with Crippen molar-refractivity contribution in [2.24, 2.45) is 5.73 Å². The predicted molar refractivity (Wildman–Crippen MR) is 91.0 cm³/mol. The van der Waals surface area contributed by atoms with Gasteiger partial charge in [-0.25, -0.2) is 0 Å². The van der Waals surface area contributed by atoms with Crippen molar-refractivity contribution in [3.05, 3.63) is 52.2 Å². The number of aromatic nitrogens is 3. The summed E-state index contributed by atoms with van der Waals surface area (Å²) in [5.41, 5.74) is 6.15. The summed E-state index contributed by atoms with van der Waals surface area (Å²) in [7, 11) is 0. The first-order valence-corrected chi connectivity index (χ1v) is 8.33. The second kappa shape index (κ2) is 7.33. The average molecular weight is 343 g/mol. The summed E-state index contributed by atoms with van der Waals surface area (Å²) < 4.78 is 1.54. The van der Waals surface area contributed by atoms with Gasteiger partial charge in [0.2, 0.25) is 5.91 Å². The maximum Gasteiger partial charge on any atom is 0.269 e. The molecule has 1 aliphatic rings. The molecule has 1 atom stereocenters. The van der Waals surface area contributed by atoms with E-state index in [1.165, 1.54) is 10.6 Å². The van der Waals surface area contributed by atoms with Gasteiger partial charge in [0.1, 0.15) is 5.69 Å². The monoisotopic (exact) mass is 343 g/mol. The Labute approximate surface area is 144 Å². The van der Waals surface area contributed by atoms with Gasteiger partial charge in [-0.3, -0.25) is 19.5 Å². The second-order valence-corrected chi connectivity index (χ2v) is 6.23. The zero-order chi connectivity index (χ0) is 17.8. The summed E-state index contributed by atoms with van der Waals surface area (Å²) in [5.74, 6) is -0.438. The van der Waals surface area contributed by atoms with E-state index in [2.05, 4.69) is 10.2 Å². The largest absolute Gasteiger partial charge is 0.364 e. The first-order valence-electron chi connectivity index (χ1n) is 8.33. The number of hydrogen-bond acceptors (Lipinski definition) is 4. The lowest BCUT2D eigenvalue weighted by atomic mass is 9.94. The van der Waals surface area contributed by atoms with Crippen LogP contribution in [-0.2, 0) is 11.3 Å². The lowest BCUT2D eigenvalue weighted by Crippen LogP contribution is -2.39. The zero-order valence-electron chi connectivity index (χ0n) is 13.9. The van der Waals surface area contributed by atoms with E-state index in [-0.39, 0.29) is 29.5 Å². The number of H-pyrrole nitrogens is 1. The van der Waals surface area contributed by atoms with Crippen LogP contribution >= 0.6 is 0 Å². The van der Waals surface area contributed by atoms with Crippen molar-refractivity contribution < 1.29 is 9.59 Å². The van der Waals surface area contributed by atoms with Crippen LogP contribution in [0.1, 0.15) is 41.4 Å². The Bertz CT molecular complexity index is 825. The van der Waals surface area contributed by atoms with Crippen molar-refractivity contribution in [1.82, 2.24) is 19.7 Å². The minimum Gasteiger partial charge on any atom is -0.364 e. The van der Waals surface area contributed by atoms with Crippen LogP contribution in [0, 0.1) is 0 Å². The molecule has 3 rings (SSSR count). The zero-order valence-corrected chi connectivity index (χ0v) is 13.9. The fourth-order valence-corrected chi connectivity index (χ4v) is 3.15. The summed E-state index contributed by atoms with van der Waals surface area (Å²) in [6.45, 7) is 1.65. The number of piperidine rings is 1. The van der Waals surface area contributed by atoms with Gasteiger partial charge in [0.25, 0.3) is 11.5 Å². The molecule has 0 bridgehead atoms. The number of rotatable bonds is 5. The summed E-state index contributed by atoms with van der Waals surface area (Å²) in [5, 5.41) is 6.75. The van der Waals surface area contributed by atoms with Crippen LogP contribution < -0.4 is 11.3 Å². The van der Waals surface area contributed by atoms with Gasteiger partial charge in [-0.2, -0.15) is 5.10 Å². The Balaban J connectivity index is 1.60. The van der Waals surface area contributed by atoms with Crippen LogP contribution in [0.3, 0.4) is 0 Å². The number of pyridine rings is 1. The third-order valence-electron chi connectivity index (χ3n) is 4.53. The van der Waals surface area contributed by atoms with Gasteiger partial charge in [-0.05, 0) is 25.0 Å². The molecule has 0 radical (unpaired) electrons. The third-order valence-corrected chi connectivity index (χ3v) is 4.53. The van der Waals surface area contributed by atoms with Gasteiger partial charge in [0.15, 0.2) is 0 Å². The second-order valence-electron chi connectivity index (χ2n) is 6.23. The molecule has 3 N–H and O–H groups in total. The number of nitrogens with zero attached hydrogens (tertiary/aromatic N) is 3. The molecule has 8 heteroatoms. The average Bonchev–Trinajstić information content (AvgIpc) is 3.11. The van der Waals surface area contributed by atoms with Crippen LogP contribution in [0.2, 0.25) is 0 Å².